The first-order valence-corrected chi connectivity index (χ1v) is 5.95. The summed E-state index contributed by atoms with van der Waals surface area (Å²) in [5, 5.41) is 15.2. The van der Waals surface area contributed by atoms with Crippen LogP contribution in [0.2, 0.25) is 0 Å². The van der Waals surface area contributed by atoms with E-state index >= 15 is 0 Å². The van der Waals surface area contributed by atoms with Gasteiger partial charge < -0.3 is 15.7 Å². The number of aliphatic hydroxyl groups is 1. The Morgan fingerprint density at radius 2 is 2.29 bits per heavy atom. The predicted octanol–water partition coefficient (Wildman–Crippen LogP) is 1.04. The molecule has 1 amide bonds. The lowest BCUT2D eigenvalue weighted by Crippen LogP contribution is -2.24. The van der Waals surface area contributed by atoms with Crippen molar-refractivity contribution in [2.75, 3.05) is 11.9 Å². The molecule has 0 aromatic heterocycles. The molecule has 0 spiro atoms. The van der Waals surface area contributed by atoms with Crippen molar-refractivity contribution in [3.8, 4) is 0 Å². The van der Waals surface area contributed by atoms with E-state index in [1.54, 1.807) is 6.92 Å². The van der Waals surface area contributed by atoms with E-state index in [1.165, 1.54) is 11.1 Å². The predicted molar refractivity (Wildman–Crippen MR) is 66.8 cm³/mol. The summed E-state index contributed by atoms with van der Waals surface area (Å²) in [6, 6.07) is 6.06. The number of nitrogens with one attached hydrogen (secondary N) is 2. The van der Waals surface area contributed by atoms with Crippen LogP contribution in [0.3, 0.4) is 0 Å². The van der Waals surface area contributed by atoms with Gasteiger partial charge in [-0.15, -0.1) is 0 Å². The van der Waals surface area contributed by atoms with Crippen molar-refractivity contribution >= 4 is 11.6 Å². The van der Waals surface area contributed by atoms with Gasteiger partial charge in [0.1, 0.15) is 0 Å². The van der Waals surface area contributed by atoms with Gasteiger partial charge in [0, 0.05) is 25.2 Å². The number of hydrogen-bond donors (Lipinski definition) is 3. The first kappa shape index (κ1) is 12.1. The largest absolute Gasteiger partial charge is 0.392 e. The quantitative estimate of drug-likeness (QED) is 0.729. The Balaban J connectivity index is 1.99. The molecular weight excluding hydrogens is 216 g/mol. The van der Waals surface area contributed by atoms with Crippen LogP contribution < -0.4 is 10.6 Å². The molecule has 0 fully saturated rings. The minimum atomic E-state index is -0.327. The Kier molecular flexibility index (Phi) is 3.76. The third-order valence-electron chi connectivity index (χ3n) is 2.83. The van der Waals surface area contributed by atoms with E-state index in [2.05, 4.69) is 16.7 Å². The zero-order valence-electron chi connectivity index (χ0n) is 9.99. The van der Waals surface area contributed by atoms with Crippen LogP contribution in [0, 0.1) is 0 Å². The summed E-state index contributed by atoms with van der Waals surface area (Å²) in [6.07, 6.45) is 1.05. The van der Waals surface area contributed by atoms with Crippen molar-refractivity contribution in [1.82, 2.24) is 5.32 Å². The van der Waals surface area contributed by atoms with Crippen LogP contribution in [0.5, 0.6) is 0 Å². The van der Waals surface area contributed by atoms with E-state index in [9.17, 15) is 4.79 Å². The van der Waals surface area contributed by atoms with Gasteiger partial charge >= 0.3 is 0 Å². The molecule has 1 heterocycles. The fourth-order valence-electron chi connectivity index (χ4n) is 1.97. The van der Waals surface area contributed by atoms with Crippen LogP contribution in [0.15, 0.2) is 18.2 Å². The van der Waals surface area contributed by atoms with Gasteiger partial charge in [0.2, 0.25) is 5.91 Å². The smallest absolute Gasteiger partial charge is 0.224 e. The number of carbonyl (C=O) groups is 1. The molecule has 0 radical (unpaired) electrons. The second-order valence-corrected chi connectivity index (χ2v) is 4.52. The summed E-state index contributed by atoms with van der Waals surface area (Å²) >= 11 is 0. The lowest BCUT2D eigenvalue weighted by molar-refractivity contribution is -0.116. The molecular formula is C13H18N2O2. The maximum atomic E-state index is 11.2. The third-order valence-corrected chi connectivity index (χ3v) is 2.83. The highest BCUT2D eigenvalue weighted by atomic mass is 16.3. The molecule has 3 N–H and O–H groups in total. The number of amides is 1. The summed E-state index contributed by atoms with van der Waals surface area (Å²) in [6.45, 7) is 3.09. The Labute approximate surface area is 101 Å². The van der Waals surface area contributed by atoms with Gasteiger partial charge in [0.25, 0.3) is 0 Å². The average molecular weight is 234 g/mol. The van der Waals surface area contributed by atoms with Crippen LogP contribution in [0.1, 0.15) is 24.5 Å². The number of carbonyl (C=O) groups excluding carboxylic acids is 1. The van der Waals surface area contributed by atoms with E-state index in [1.807, 2.05) is 12.1 Å². The molecule has 92 valence electrons. The van der Waals surface area contributed by atoms with Crippen molar-refractivity contribution in [2.24, 2.45) is 0 Å². The standard InChI is InChI=1S/C13H18N2O2/c1-9(16)7-14-8-10-2-4-12-11(6-10)3-5-13(17)15-12/h2,4,6,9,14,16H,3,5,7-8H2,1H3,(H,15,17). The average Bonchev–Trinajstić information content (AvgIpc) is 2.29. The number of anilines is 1. The summed E-state index contributed by atoms with van der Waals surface area (Å²) in [4.78, 5) is 11.2. The van der Waals surface area contributed by atoms with E-state index in [0.717, 1.165) is 18.7 Å². The van der Waals surface area contributed by atoms with Gasteiger partial charge in [-0.05, 0) is 30.5 Å². The number of rotatable bonds is 4. The Bertz CT molecular complexity index is 416. The Hall–Kier alpha value is -1.39. The maximum absolute atomic E-state index is 11.2. The van der Waals surface area contributed by atoms with E-state index in [0.29, 0.717) is 13.0 Å². The highest BCUT2D eigenvalue weighted by Crippen LogP contribution is 2.23. The van der Waals surface area contributed by atoms with E-state index in [4.69, 9.17) is 5.11 Å². The second kappa shape index (κ2) is 5.29. The molecule has 4 heteroatoms. The maximum Gasteiger partial charge on any atom is 0.224 e. The van der Waals surface area contributed by atoms with Crippen molar-refractivity contribution < 1.29 is 9.90 Å². The van der Waals surface area contributed by atoms with Gasteiger partial charge in [-0.1, -0.05) is 12.1 Å². The molecule has 1 aliphatic rings. The molecule has 0 saturated heterocycles. The van der Waals surface area contributed by atoms with Crippen molar-refractivity contribution in [2.45, 2.75) is 32.4 Å². The monoisotopic (exact) mass is 234 g/mol. The van der Waals surface area contributed by atoms with Gasteiger partial charge in [0.15, 0.2) is 0 Å². The molecule has 4 nitrogen and oxygen atoms in total. The Morgan fingerprint density at radius 1 is 1.47 bits per heavy atom. The minimum absolute atomic E-state index is 0.0949. The highest BCUT2D eigenvalue weighted by Gasteiger charge is 2.14. The highest BCUT2D eigenvalue weighted by molar-refractivity contribution is 5.93. The van der Waals surface area contributed by atoms with Crippen molar-refractivity contribution in [3.05, 3.63) is 29.3 Å². The third kappa shape index (κ3) is 3.28. The zero-order chi connectivity index (χ0) is 12.3. The first-order valence-electron chi connectivity index (χ1n) is 5.95. The fraction of sp³-hybridized carbons (Fsp3) is 0.462. The van der Waals surface area contributed by atoms with Crippen LogP contribution in [0.25, 0.3) is 0 Å². The molecule has 1 aliphatic heterocycles. The molecule has 1 unspecified atom stereocenters. The zero-order valence-corrected chi connectivity index (χ0v) is 9.99. The second-order valence-electron chi connectivity index (χ2n) is 4.52. The molecule has 1 atom stereocenters. The van der Waals surface area contributed by atoms with E-state index < -0.39 is 0 Å². The van der Waals surface area contributed by atoms with Crippen LogP contribution >= 0.6 is 0 Å². The number of fused-ring (bicyclic) bond motifs is 1. The van der Waals surface area contributed by atoms with Crippen molar-refractivity contribution in [1.29, 1.82) is 0 Å². The Morgan fingerprint density at radius 3 is 3.06 bits per heavy atom. The molecule has 0 aliphatic carbocycles. The minimum Gasteiger partial charge on any atom is -0.392 e. The summed E-state index contributed by atoms with van der Waals surface area (Å²) in [5.41, 5.74) is 3.31. The number of hydrogen-bond acceptors (Lipinski definition) is 3. The summed E-state index contributed by atoms with van der Waals surface area (Å²) in [5.74, 6) is 0.0949. The number of aryl methyl sites for hydroxylation is 1. The SMILES string of the molecule is CC(O)CNCc1ccc2c(c1)CCC(=O)N2. The number of benzene rings is 1. The van der Waals surface area contributed by atoms with E-state index in [-0.39, 0.29) is 12.0 Å². The van der Waals surface area contributed by atoms with Gasteiger partial charge in [-0.2, -0.15) is 0 Å². The van der Waals surface area contributed by atoms with Crippen LogP contribution in [0.4, 0.5) is 5.69 Å². The van der Waals surface area contributed by atoms with Gasteiger partial charge in [0.05, 0.1) is 6.10 Å². The summed E-state index contributed by atoms with van der Waals surface area (Å²) < 4.78 is 0. The first-order chi connectivity index (χ1) is 8.15. The lowest BCUT2D eigenvalue weighted by Gasteiger charge is -2.17. The number of aliphatic hydroxyl groups excluding tert-OH is 1. The summed E-state index contributed by atoms with van der Waals surface area (Å²) in [7, 11) is 0. The van der Waals surface area contributed by atoms with Gasteiger partial charge in [-0.25, -0.2) is 0 Å². The normalized spacial score (nSPS) is 16.2. The molecule has 17 heavy (non-hydrogen) atoms. The lowest BCUT2D eigenvalue weighted by atomic mass is 10.0. The molecule has 2 rings (SSSR count). The van der Waals surface area contributed by atoms with Crippen LogP contribution in [-0.2, 0) is 17.8 Å². The van der Waals surface area contributed by atoms with Crippen molar-refractivity contribution in [3.63, 3.8) is 0 Å². The molecule has 0 bridgehead atoms. The van der Waals surface area contributed by atoms with Gasteiger partial charge in [-0.3, -0.25) is 4.79 Å². The molecule has 1 aromatic rings. The topological polar surface area (TPSA) is 61.4 Å². The van der Waals surface area contributed by atoms with Crippen LogP contribution in [-0.4, -0.2) is 23.7 Å². The molecule has 0 saturated carbocycles. The fourth-order valence-corrected chi connectivity index (χ4v) is 1.97. The molecule has 1 aromatic carbocycles.